The molecule has 1 aromatic carbocycles. The molecule has 2 aromatic rings. The lowest BCUT2D eigenvalue weighted by molar-refractivity contribution is 0.0611. The lowest BCUT2D eigenvalue weighted by atomic mass is 10.0. The van der Waals surface area contributed by atoms with Crippen LogP contribution in [0.4, 0.5) is 4.39 Å². The number of likely N-dealkylation sites (tertiary alicyclic amines) is 2. The largest absolute Gasteiger partial charge is 0.336 e. The van der Waals surface area contributed by atoms with Crippen molar-refractivity contribution in [2.75, 3.05) is 26.2 Å². The Balaban J connectivity index is 0.00000210. The fraction of sp³-hybridized carbons (Fsp3) is 0.500. The highest BCUT2D eigenvalue weighted by atomic mass is 79.9. The van der Waals surface area contributed by atoms with E-state index in [2.05, 4.69) is 9.88 Å². The Hall–Kier alpha value is -1.31. The summed E-state index contributed by atoms with van der Waals surface area (Å²) in [5.41, 5.74) is 1.16. The standard InChI is InChI=1S/C20H24FN3OS.BrH/c1-14-18(26-19(22-14)16-8-2-3-9-17(16)21)20(25)24-12-6-7-15(13-24)23-10-4-5-11-23;/h2-3,8-9,15H,4-7,10-13H2,1H3;1H. The van der Waals surface area contributed by atoms with E-state index in [0.717, 1.165) is 32.6 Å². The number of rotatable bonds is 3. The predicted molar refractivity (Wildman–Crippen MR) is 112 cm³/mol. The van der Waals surface area contributed by atoms with Crippen LogP contribution in [0.25, 0.3) is 10.6 Å². The van der Waals surface area contributed by atoms with Crippen molar-refractivity contribution in [3.8, 4) is 10.6 Å². The van der Waals surface area contributed by atoms with E-state index < -0.39 is 0 Å². The van der Waals surface area contributed by atoms with E-state index in [0.29, 0.717) is 27.2 Å². The number of hydrogen-bond donors (Lipinski definition) is 0. The molecule has 0 spiro atoms. The third-order valence-corrected chi connectivity index (χ3v) is 6.61. The maximum Gasteiger partial charge on any atom is 0.265 e. The number of halogens is 2. The molecule has 27 heavy (non-hydrogen) atoms. The highest BCUT2D eigenvalue weighted by Crippen LogP contribution is 2.31. The van der Waals surface area contributed by atoms with E-state index in [9.17, 15) is 9.18 Å². The molecule has 4 rings (SSSR count). The Morgan fingerprint density at radius 2 is 1.93 bits per heavy atom. The smallest absolute Gasteiger partial charge is 0.265 e. The van der Waals surface area contributed by atoms with Gasteiger partial charge in [-0.15, -0.1) is 28.3 Å². The third kappa shape index (κ3) is 4.25. The van der Waals surface area contributed by atoms with Gasteiger partial charge in [-0.1, -0.05) is 12.1 Å². The van der Waals surface area contributed by atoms with Gasteiger partial charge >= 0.3 is 0 Å². The first-order valence-electron chi connectivity index (χ1n) is 9.39. The van der Waals surface area contributed by atoms with Crippen LogP contribution in [0, 0.1) is 12.7 Å². The summed E-state index contributed by atoms with van der Waals surface area (Å²) < 4.78 is 14.1. The normalized spacial score (nSPS) is 20.5. The molecule has 1 atom stereocenters. The molecule has 0 saturated carbocycles. The van der Waals surface area contributed by atoms with Crippen molar-refractivity contribution in [1.82, 2.24) is 14.8 Å². The topological polar surface area (TPSA) is 36.4 Å². The molecular formula is C20H25BrFN3OS. The molecule has 2 saturated heterocycles. The fourth-order valence-corrected chi connectivity index (χ4v) is 5.09. The summed E-state index contributed by atoms with van der Waals surface area (Å²) in [4.78, 5) is 22.7. The minimum atomic E-state index is -0.299. The van der Waals surface area contributed by atoms with Crippen LogP contribution in [0.15, 0.2) is 24.3 Å². The summed E-state index contributed by atoms with van der Waals surface area (Å²) in [7, 11) is 0. The van der Waals surface area contributed by atoms with Gasteiger partial charge in [0.1, 0.15) is 15.7 Å². The van der Waals surface area contributed by atoms with Crippen molar-refractivity contribution >= 4 is 34.2 Å². The number of piperidine rings is 1. The molecule has 4 nitrogen and oxygen atoms in total. The van der Waals surface area contributed by atoms with E-state index in [1.807, 2.05) is 11.8 Å². The Labute approximate surface area is 174 Å². The SMILES string of the molecule is Br.Cc1nc(-c2ccccc2F)sc1C(=O)N1CCCC(N2CCCC2)C1. The highest BCUT2D eigenvalue weighted by Gasteiger charge is 2.31. The van der Waals surface area contributed by atoms with Gasteiger partial charge in [-0.25, -0.2) is 9.37 Å². The summed E-state index contributed by atoms with van der Waals surface area (Å²) in [6, 6.07) is 7.08. The van der Waals surface area contributed by atoms with Crippen molar-refractivity contribution in [2.24, 2.45) is 0 Å². The molecule has 1 aromatic heterocycles. The zero-order valence-corrected chi connectivity index (χ0v) is 18.0. The molecular weight excluding hydrogens is 429 g/mol. The number of thiazole rings is 1. The molecule has 146 valence electrons. The molecule has 0 bridgehead atoms. The number of nitrogens with zero attached hydrogens (tertiary/aromatic N) is 3. The average molecular weight is 454 g/mol. The minimum absolute atomic E-state index is 0. The quantitative estimate of drug-likeness (QED) is 0.684. The second kappa shape index (κ2) is 8.80. The van der Waals surface area contributed by atoms with Crippen LogP contribution in [0.3, 0.4) is 0 Å². The number of carbonyl (C=O) groups is 1. The molecule has 3 heterocycles. The van der Waals surface area contributed by atoms with Crippen LogP contribution < -0.4 is 0 Å². The van der Waals surface area contributed by atoms with Crippen molar-refractivity contribution in [1.29, 1.82) is 0 Å². The summed E-state index contributed by atoms with van der Waals surface area (Å²) in [6.07, 6.45) is 4.76. The maximum atomic E-state index is 14.1. The van der Waals surface area contributed by atoms with Gasteiger partial charge in [-0.2, -0.15) is 0 Å². The number of hydrogen-bond acceptors (Lipinski definition) is 4. The Morgan fingerprint density at radius 3 is 2.67 bits per heavy atom. The summed E-state index contributed by atoms with van der Waals surface area (Å²) in [5, 5.41) is 0.581. The van der Waals surface area contributed by atoms with E-state index in [1.54, 1.807) is 18.2 Å². The highest BCUT2D eigenvalue weighted by molar-refractivity contribution is 8.93. The first-order valence-corrected chi connectivity index (χ1v) is 10.2. The Kier molecular flexibility index (Phi) is 6.65. The number of benzene rings is 1. The van der Waals surface area contributed by atoms with Crippen LogP contribution in [0.1, 0.15) is 41.0 Å². The van der Waals surface area contributed by atoms with Crippen LogP contribution in [-0.2, 0) is 0 Å². The van der Waals surface area contributed by atoms with Crippen LogP contribution in [-0.4, -0.2) is 52.9 Å². The van der Waals surface area contributed by atoms with E-state index >= 15 is 0 Å². The number of amides is 1. The lowest BCUT2D eigenvalue weighted by Crippen LogP contribution is -2.48. The zero-order chi connectivity index (χ0) is 18.1. The van der Waals surface area contributed by atoms with Gasteiger partial charge in [0, 0.05) is 24.7 Å². The Morgan fingerprint density at radius 1 is 1.19 bits per heavy atom. The molecule has 2 aliphatic rings. The molecule has 7 heteroatoms. The third-order valence-electron chi connectivity index (χ3n) is 5.44. The van der Waals surface area contributed by atoms with Gasteiger partial charge in [0.25, 0.3) is 5.91 Å². The minimum Gasteiger partial charge on any atom is -0.336 e. The zero-order valence-electron chi connectivity index (χ0n) is 15.5. The maximum absolute atomic E-state index is 14.1. The van der Waals surface area contributed by atoms with Crippen molar-refractivity contribution in [3.63, 3.8) is 0 Å². The second-order valence-electron chi connectivity index (χ2n) is 7.20. The second-order valence-corrected chi connectivity index (χ2v) is 8.20. The van der Waals surface area contributed by atoms with Crippen LogP contribution >= 0.6 is 28.3 Å². The van der Waals surface area contributed by atoms with Gasteiger partial charge in [-0.05, 0) is 57.8 Å². The molecule has 2 fully saturated rings. The van der Waals surface area contributed by atoms with E-state index in [4.69, 9.17) is 0 Å². The van der Waals surface area contributed by atoms with Gasteiger partial charge < -0.3 is 4.90 Å². The van der Waals surface area contributed by atoms with Crippen molar-refractivity contribution in [3.05, 3.63) is 40.7 Å². The van der Waals surface area contributed by atoms with Crippen molar-refractivity contribution in [2.45, 2.75) is 38.6 Å². The number of carbonyl (C=O) groups excluding carboxylic acids is 1. The average Bonchev–Trinajstić information content (AvgIpc) is 3.32. The van der Waals surface area contributed by atoms with Gasteiger partial charge in [0.15, 0.2) is 0 Å². The number of aromatic nitrogens is 1. The van der Waals surface area contributed by atoms with Gasteiger partial charge in [0.05, 0.1) is 5.69 Å². The van der Waals surface area contributed by atoms with Gasteiger partial charge in [0.2, 0.25) is 0 Å². The molecule has 1 unspecified atom stereocenters. The summed E-state index contributed by atoms with van der Waals surface area (Å²) in [6.45, 7) is 5.75. The van der Waals surface area contributed by atoms with Crippen LogP contribution in [0.5, 0.6) is 0 Å². The summed E-state index contributed by atoms with van der Waals surface area (Å²) in [5.74, 6) is -0.251. The first kappa shape index (κ1) is 20.4. The molecule has 1 amide bonds. The van der Waals surface area contributed by atoms with Gasteiger partial charge in [-0.3, -0.25) is 9.69 Å². The molecule has 0 N–H and O–H groups in total. The van der Waals surface area contributed by atoms with Crippen molar-refractivity contribution < 1.29 is 9.18 Å². The monoisotopic (exact) mass is 453 g/mol. The van der Waals surface area contributed by atoms with Crippen LogP contribution in [0.2, 0.25) is 0 Å². The first-order chi connectivity index (χ1) is 12.6. The molecule has 2 aliphatic heterocycles. The number of aryl methyl sites for hydroxylation is 1. The summed E-state index contributed by atoms with van der Waals surface area (Å²) >= 11 is 1.31. The molecule has 0 radical (unpaired) electrons. The molecule has 0 aliphatic carbocycles. The lowest BCUT2D eigenvalue weighted by Gasteiger charge is -2.37. The predicted octanol–water partition coefficient (Wildman–Crippen LogP) is 4.54. The van der Waals surface area contributed by atoms with E-state index in [-0.39, 0.29) is 28.7 Å². The Bertz CT molecular complexity index is 806. The fourth-order valence-electron chi connectivity index (χ4n) is 4.03. The van der Waals surface area contributed by atoms with E-state index in [1.165, 1.54) is 36.7 Å².